The SMILES string of the molecule is FC1(F)CC(Oc2ccc(Br)cn2)C1. The summed E-state index contributed by atoms with van der Waals surface area (Å²) < 4.78 is 31.0. The van der Waals surface area contributed by atoms with Crippen molar-refractivity contribution >= 4 is 15.9 Å². The quantitative estimate of drug-likeness (QED) is 0.819. The standard InChI is InChI=1S/C9H8BrF2NO/c10-6-1-2-8(13-5-6)14-7-3-9(11,12)4-7/h1-2,5,7H,3-4H2. The fourth-order valence-electron chi connectivity index (χ4n) is 1.29. The number of alkyl halides is 2. The van der Waals surface area contributed by atoms with Gasteiger partial charge in [0.15, 0.2) is 0 Å². The minimum atomic E-state index is -2.54. The summed E-state index contributed by atoms with van der Waals surface area (Å²) in [5, 5.41) is 0. The van der Waals surface area contributed by atoms with Crippen LogP contribution in [0.15, 0.2) is 22.8 Å². The van der Waals surface area contributed by atoms with Crippen LogP contribution in [-0.2, 0) is 0 Å². The number of rotatable bonds is 2. The molecular formula is C9H8BrF2NO. The Morgan fingerprint density at radius 1 is 1.43 bits per heavy atom. The zero-order valence-electron chi connectivity index (χ0n) is 7.21. The molecule has 1 aliphatic rings. The fourth-order valence-corrected chi connectivity index (χ4v) is 1.53. The predicted molar refractivity (Wildman–Crippen MR) is 50.5 cm³/mol. The summed E-state index contributed by atoms with van der Waals surface area (Å²) in [6.45, 7) is 0. The van der Waals surface area contributed by atoms with Gasteiger partial charge in [-0.05, 0) is 22.0 Å². The number of ether oxygens (including phenoxy) is 1. The van der Waals surface area contributed by atoms with Crippen LogP contribution in [0.5, 0.6) is 5.88 Å². The second-order valence-corrected chi connectivity index (χ2v) is 4.23. The number of aromatic nitrogens is 1. The van der Waals surface area contributed by atoms with Crippen LogP contribution in [0, 0.1) is 0 Å². The van der Waals surface area contributed by atoms with E-state index in [1.807, 2.05) is 0 Å². The lowest BCUT2D eigenvalue weighted by molar-refractivity contribution is -0.135. The molecule has 1 fully saturated rings. The van der Waals surface area contributed by atoms with Crippen LogP contribution in [0.1, 0.15) is 12.8 Å². The Labute approximate surface area is 88.4 Å². The molecule has 1 saturated carbocycles. The average molecular weight is 264 g/mol. The molecule has 0 spiro atoms. The van der Waals surface area contributed by atoms with Gasteiger partial charge in [0.25, 0.3) is 5.92 Å². The first kappa shape index (κ1) is 9.83. The molecule has 0 bridgehead atoms. The monoisotopic (exact) mass is 263 g/mol. The van der Waals surface area contributed by atoms with Crippen LogP contribution in [-0.4, -0.2) is 17.0 Å². The summed E-state index contributed by atoms with van der Waals surface area (Å²) in [6, 6.07) is 3.42. The number of nitrogens with zero attached hydrogens (tertiary/aromatic N) is 1. The Bertz CT molecular complexity index is 320. The normalized spacial score (nSPS) is 20.2. The van der Waals surface area contributed by atoms with Crippen LogP contribution in [0.3, 0.4) is 0 Å². The molecule has 1 aromatic heterocycles. The molecule has 0 amide bonds. The summed E-state index contributed by atoms with van der Waals surface area (Å²) in [7, 11) is 0. The summed E-state index contributed by atoms with van der Waals surface area (Å²) in [5.41, 5.74) is 0. The van der Waals surface area contributed by atoms with Crippen LogP contribution in [0.4, 0.5) is 8.78 Å². The Morgan fingerprint density at radius 2 is 2.14 bits per heavy atom. The minimum absolute atomic E-state index is 0.204. The van der Waals surface area contributed by atoms with Crippen LogP contribution in [0.2, 0.25) is 0 Å². The molecule has 2 rings (SSSR count). The van der Waals surface area contributed by atoms with Crippen molar-refractivity contribution in [2.24, 2.45) is 0 Å². The highest BCUT2D eigenvalue weighted by molar-refractivity contribution is 9.10. The van der Waals surface area contributed by atoms with E-state index in [1.165, 1.54) is 0 Å². The van der Waals surface area contributed by atoms with Gasteiger partial charge in [0.2, 0.25) is 5.88 Å². The lowest BCUT2D eigenvalue weighted by atomic mass is 9.91. The van der Waals surface area contributed by atoms with Crippen molar-refractivity contribution in [3.63, 3.8) is 0 Å². The van der Waals surface area contributed by atoms with Gasteiger partial charge in [-0.2, -0.15) is 0 Å². The third kappa shape index (κ3) is 2.20. The van der Waals surface area contributed by atoms with E-state index in [4.69, 9.17) is 4.74 Å². The maximum atomic E-state index is 12.4. The zero-order valence-corrected chi connectivity index (χ0v) is 8.80. The second kappa shape index (κ2) is 3.46. The molecule has 0 atom stereocenters. The van der Waals surface area contributed by atoms with E-state index in [9.17, 15) is 8.78 Å². The molecule has 0 unspecified atom stereocenters. The van der Waals surface area contributed by atoms with Gasteiger partial charge in [-0.3, -0.25) is 0 Å². The summed E-state index contributed by atoms with van der Waals surface area (Å²) in [5.74, 6) is -2.14. The van der Waals surface area contributed by atoms with Crippen molar-refractivity contribution in [2.75, 3.05) is 0 Å². The smallest absolute Gasteiger partial charge is 0.255 e. The number of pyridine rings is 1. The predicted octanol–water partition coefficient (Wildman–Crippen LogP) is 3.02. The lowest BCUT2D eigenvalue weighted by Gasteiger charge is -2.34. The van der Waals surface area contributed by atoms with Gasteiger partial charge >= 0.3 is 0 Å². The minimum Gasteiger partial charge on any atom is -0.474 e. The lowest BCUT2D eigenvalue weighted by Crippen LogP contribution is -2.43. The Balaban J connectivity index is 1.90. The van der Waals surface area contributed by atoms with E-state index in [1.54, 1.807) is 18.3 Å². The molecule has 1 aliphatic carbocycles. The molecule has 0 aromatic carbocycles. The van der Waals surface area contributed by atoms with E-state index in [0.717, 1.165) is 4.47 Å². The van der Waals surface area contributed by atoms with E-state index in [0.29, 0.717) is 5.88 Å². The van der Waals surface area contributed by atoms with E-state index >= 15 is 0 Å². The average Bonchev–Trinajstić information content (AvgIpc) is 2.06. The van der Waals surface area contributed by atoms with E-state index < -0.39 is 12.0 Å². The Morgan fingerprint density at radius 3 is 2.64 bits per heavy atom. The fraction of sp³-hybridized carbons (Fsp3) is 0.444. The summed E-state index contributed by atoms with van der Waals surface area (Å²) in [4.78, 5) is 3.93. The van der Waals surface area contributed by atoms with E-state index in [2.05, 4.69) is 20.9 Å². The number of hydrogen-bond acceptors (Lipinski definition) is 2. The van der Waals surface area contributed by atoms with Gasteiger partial charge in [0.1, 0.15) is 6.10 Å². The molecule has 1 heterocycles. The first-order chi connectivity index (χ1) is 6.55. The summed E-state index contributed by atoms with van der Waals surface area (Å²) in [6.07, 6.45) is 0.778. The van der Waals surface area contributed by atoms with Gasteiger partial charge in [-0.1, -0.05) is 0 Å². The first-order valence-electron chi connectivity index (χ1n) is 4.21. The molecule has 0 radical (unpaired) electrons. The molecule has 1 aromatic rings. The van der Waals surface area contributed by atoms with Crippen molar-refractivity contribution < 1.29 is 13.5 Å². The molecule has 0 saturated heterocycles. The van der Waals surface area contributed by atoms with Crippen molar-refractivity contribution in [3.8, 4) is 5.88 Å². The molecule has 2 nitrogen and oxygen atoms in total. The van der Waals surface area contributed by atoms with Crippen LogP contribution >= 0.6 is 15.9 Å². The number of hydrogen-bond donors (Lipinski definition) is 0. The largest absolute Gasteiger partial charge is 0.474 e. The molecule has 14 heavy (non-hydrogen) atoms. The third-order valence-corrected chi connectivity index (χ3v) is 2.51. The highest BCUT2D eigenvalue weighted by Gasteiger charge is 2.47. The van der Waals surface area contributed by atoms with Gasteiger partial charge in [-0.25, -0.2) is 13.8 Å². The van der Waals surface area contributed by atoms with Crippen LogP contribution < -0.4 is 4.74 Å². The molecule has 76 valence electrons. The highest BCUT2D eigenvalue weighted by atomic mass is 79.9. The highest BCUT2D eigenvalue weighted by Crippen LogP contribution is 2.39. The van der Waals surface area contributed by atoms with Crippen molar-refractivity contribution in [1.82, 2.24) is 4.98 Å². The molecular weight excluding hydrogens is 256 g/mol. The van der Waals surface area contributed by atoms with Crippen molar-refractivity contribution in [1.29, 1.82) is 0 Å². The summed E-state index contributed by atoms with van der Waals surface area (Å²) >= 11 is 3.22. The first-order valence-corrected chi connectivity index (χ1v) is 5.00. The van der Waals surface area contributed by atoms with Gasteiger partial charge < -0.3 is 4.74 Å². The van der Waals surface area contributed by atoms with Gasteiger partial charge in [-0.15, -0.1) is 0 Å². The van der Waals surface area contributed by atoms with Crippen LogP contribution in [0.25, 0.3) is 0 Å². The second-order valence-electron chi connectivity index (χ2n) is 3.32. The Kier molecular flexibility index (Phi) is 2.43. The zero-order chi connectivity index (χ0) is 10.2. The van der Waals surface area contributed by atoms with Gasteiger partial charge in [0, 0.05) is 29.6 Å². The molecule has 5 heteroatoms. The maximum absolute atomic E-state index is 12.4. The molecule has 0 N–H and O–H groups in total. The van der Waals surface area contributed by atoms with Gasteiger partial charge in [0.05, 0.1) is 0 Å². The maximum Gasteiger partial charge on any atom is 0.255 e. The third-order valence-electron chi connectivity index (χ3n) is 2.04. The topological polar surface area (TPSA) is 22.1 Å². The Hall–Kier alpha value is -0.710. The van der Waals surface area contributed by atoms with E-state index in [-0.39, 0.29) is 12.8 Å². The van der Waals surface area contributed by atoms with Crippen molar-refractivity contribution in [2.45, 2.75) is 24.9 Å². The van der Waals surface area contributed by atoms with Crippen molar-refractivity contribution in [3.05, 3.63) is 22.8 Å². The molecule has 0 aliphatic heterocycles. The number of halogens is 3.